The average Bonchev–Trinajstić information content (AvgIpc) is 2.47. The van der Waals surface area contributed by atoms with E-state index in [1.165, 1.54) is 12.1 Å². The largest absolute Gasteiger partial charge is 0.373 e. The van der Waals surface area contributed by atoms with Gasteiger partial charge in [-0.25, -0.2) is 4.98 Å². The smallest absolute Gasteiger partial charge is 0.251 e. The normalized spacial score (nSPS) is 10.2. The van der Waals surface area contributed by atoms with Crippen LogP contribution in [0.4, 0.5) is 5.69 Å². The van der Waals surface area contributed by atoms with Gasteiger partial charge < -0.3 is 10.2 Å². The van der Waals surface area contributed by atoms with E-state index in [0.717, 1.165) is 5.69 Å². The molecule has 0 fully saturated rings. The fourth-order valence-electron chi connectivity index (χ4n) is 1.85. The van der Waals surface area contributed by atoms with Crippen LogP contribution in [0, 0.1) is 0 Å². The van der Waals surface area contributed by atoms with Crippen molar-refractivity contribution in [1.82, 2.24) is 10.3 Å². The Balaban J connectivity index is 1.87. The van der Waals surface area contributed by atoms with Gasteiger partial charge in [0.15, 0.2) is 0 Å². The van der Waals surface area contributed by atoms with Crippen LogP contribution in [-0.4, -0.2) is 31.0 Å². The van der Waals surface area contributed by atoms with Gasteiger partial charge in [0.25, 0.3) is 5.91 Å². The van der Waals surface area contributed by atoms with E-state index in [-0.39, 0.29) is 16.2 Å². The fourth-order valence-corrected chi connectivity index (χ4v) is 2.31. The van der Waals surface area contributed by atoms with Crippen LogP contribution in [0.15, 0.2) is 42.5 Å². The summed E-state index contributed by atoms with van der Waals surface area (Å²) >= 11 is 11.5. The lowest BCUT2D eigenvalue weighted by atomic mass is 10.2. The molecule has 0 unspecified atom stereocenters. The predicted octanol–water partition coefficient (Wildman–Crippen LogP) is 3.25. The molecule has 2 rings (SSSR count). The van der Waals surface area contributed by atoms with Gasteiger partial charge in [-0.2, -0.15) is 0 Å². The van der Waals surface area contributed by atoms with E-state index in [1.54, 1.807) is 0 Å². The molecule has 110 valence electrons. The minimum absolute atomic E-state index is 0.203. The van der Waals surface area contributed by atoms with E-state index in [0.29, 0.717) is 18.7 Å². The standard InChI is InChI=1S/C15H15Cl2N3O/c1-20(12-5-3-2-4-6-12)8-7-18-15(21)11-9-13(16)19-14(17)10-11/h2-6,9-10H,7-8H2,1H3,(H,18,21). The summed E-state index contributed by atoms with van der Waals surface area (Å²) in [5, 5.41) is 3.23. The first-order valence-electron chi connectivity index (χ1n) is 6.44. The lowest BCUT2D eigenvalue weighted by Crippen LogP contribution is -2.33. The first kappa shape index (κ1) is 15.6. The number of rotatable bonds is 5. The number of nitrogens with one attached hydrogen (secondary N) is 1. The molecule has 1 N–H and O–H groups in total. The highest BCUT2D eigenvalue weighted by atomic mass is 35.5. The number of carbonyl (C=O) groups is 1. The second kappa shape index (κ2) is 7.29. The van der Waals surface area contributed by atoms with Crippen molar-refractivity contribution in [3.05, 3.63) is 58.3 Å². The topological polar surface area (TPSA) is 45.2 Å². The molecule has 0 spiro atoms. The lowest BCUT2D eigenvalue weighted by Gasteiger charge is -2.19. The van der Waals surface area contributed by atoms with Gasteiger partial charge in [0.2, 0.25) is 0 Å². The molecule has 1 amide bonds. The number of hydrogen-bond donors (Lipinski definition) is 1. The van der Waals surface area contributed by atoms with E-state index in [9.17, 15) is 4.79 Å². The van der Waals surface area contributed by atoms with Crippen molar-refractivity contribution in [2.24, 2.45) is 0 Å². The molecule has 0 atom stereocenters. The van der Waals surface area contributed by atoms with Crippen molar-refractivity contribution in [2.45, 2.75) is 0 Å². The molecule has 0 radical (unpaired) electrons. The molecule has 0 saturated carbocycles. The molecule has 4 nitrogen and oxygen atoms in total. The van der Waals surface area contributed by atoms with E-state index in [2.05, 4.69) is 15.2 Å². The van der Waals surface area contributed by atoms with Gasteiger partial charge in [-0.1, -0.05) is 41.4 Å². The van der Waals surface area contributed by atoms with Crippen LogP contribution in [0.2, 0.25) is 10.3 Å². The fraction of sp³-hybridized carbons (Fsp3) is 0.200. The Labute approximate surface area is 133 Å². The van der Waals surface area contributed by atoms with Gasteiger partial charge in [0, 0.05) is 31.4 Å². The van der Waals surface area contributed by atoms with Crippen LogP contribution in [-0.2, 0) is 0 Å². The molecular formula is C15H15Cl2N3O. The number of carbonyl (C=O) groups excluding carboxylic acids is 1. The summed E-state index contributed by atoms with van der Waals surface area (Å²) in [5.41, 5.74) is 1.50. The third-order valence-corrected chi connectivity index (χ3v) is 3.34. The van der Waals surface area contributed by atoms with E-state index in [4.69, 9.17) is 23.2 Å². The molecule has 2 aromatic rings. The molecule has 1 aromatic carbocycles. The molecular weight excluding hydrogens is 309 g/mol. The minimum atomic E-state index is -0.220. The number of likely N-dealkylation sites (N-methyl/N-ethyl adjacent to an activating group) is 1. The molecule has 0 aliphatic carbocycles. The zero-order valence-corrected chi connectivity index (χ0v) is 13.0. The third-order valence-electron chi connectivity index (χ3n) is 2.95. The summed E-state index contributed by atoms with van der Waals surface area (Å²) in [4.78, 5) is 17.9. The zero-order valence-electron chi connectivity index (χ0n) is 11.5. The van der Waals surface area contributed by atoms with Gasteiger partial charge in [-0.3, -0.25) is 4.79 Å². The lowest BCUT2D eigenvalue weighted by molar-refractivity contribution is 0.0954. The van der Waals surface area contributed by atoms with Crippen LogP contribution in [0.25, 0.3) is 0 Å². The Hall–Kier alpha value is -1.78. The Morgan fingerprint density at radius 1 is 1.19 bits per heavy atom. The maximum Gasteiger partial charge on any atom is 0.251 e. The highest BCUT2D eigenvalue weighted by molar-refractivity contribution is 6.33. The molecule has 0 aliphatic rings. The van der Waals surface area contributed by atoms with E-state index in [1.807, 2.05) is 37.4 Å². The molecule has 0 aliphatic heterocycles. The quantitative estimate of drug-likeness (QED) is 0.859. The number of hydrogen-bond acceptors (Lipinski definition) is 3. The minimum Gasteiger partial charge on any atom is -0.373 e. The van der Waals surface area contributed by atoms with Gasteiger partial charge in [0.05, 0.1) is 0 Å². The zero-order chi connectivity index (χ0) is 15.2. The number of amides is 1. The molecule has 1 heterocycles. The number of para-hydroxylation sites is 1. The van der Waals surface area contributed by atoms with Crippen LogP contribution < -0.4 is 10.2 Å². The van der Waals surface area contributed by atoms with E-state index < -0.39 is 0 Å². The van der Waals surface area contributed by atoms with Crippen molar-refractivity contribution >= 4 is 34.8 Å². The first-order valence-corrected chi connectivity index (χ1v) is 7.19. The Morgan fingerprint density at radius 3 is 2.43 bits per heavy atom. The summed E-state index contributed by atoms with van der Waals surface area (Å²) in [5.74, 6) is -0.220. The summed E-state index contributed by atoms with van der Waals surface area (Å²) in [7, 11) is 1.97. The van der Waals surface area contributed by atoms with Crippen molar-refractivity contribution in [3.8, 4) is 0 Å². The summed E-state index contributed by atoms with van der Waals surface area (Å²) in [6.07, 6.45) is 0. The van der Waals surface area contributed by atoms with Crippen molar-refractivity contribution < 1.29 is 4.79 Å². The molecule has 0 saturated heterocycles. The van der Waals surface area contributed by atoms with Crippen LogP contribution in [0.5, 0.6) is 0 Å². The van der Waals surface area contributed by atoms with Crippen LogP contribution >= 0.6 is 23.2 Å². The monoisotopic (exact) mass is 323 g/mol. The van der Waals surface area contributed by atoms with Crippen LogP contribution in [0.1, 0.15) is 10.4 Å². The molecule has 21 heavy (non-hydrogen) atoms. The number of nitrogens with zero attached hydrogens (tertiary/aromatic N) is 2. The second-order valence-corrected chi connectivity index (χ2v) is 5.29. The number of aromatic nitrogens is 1. The Morgan fingerprint density at radius 2 is 1.81 bits per heavy atom. The number of benzene rings is 1. The summed E-state index contributed by atoms with van der Waals surface area (Å²) in [6, 6.07) is 12.9. The molecule has 0 bridgehead atoms. The van der Waals surface area contributed by atoms with Crippen molar-refractivity contribution in [3.63, 3.8) is 0 Å². The molecule has 6 heteroatoms. The summed E-state index contributed by atoms with van der Waals surface area (Å²) < 4.78 is 0. The SMILES string of the molecule is CN(CCNC(=O)c1cc(Cl)nc(Cl)c1)c1ccccc1. The van der Waals surface area contributed by atoms with Crippen molar-refractivity contribution in [2.75, 3.05) is 25.0 Å². The summed E-state index contributed by atoms with van der Waals surface area (Å²) in [6.45, 7) is 1.21. The number of anilines is 1. The van der Waals surface area contributed by atoms with Gasteiger partial charge in [0.1, 0.15) is 10.3 Å². The number of pyridine rings is 1. The number of halogens is 2. The van der Waals surface area contributed by atoms with Crippen LogP contribution in [0.3, 0.4) is 0 Å². The van der Waals surface area contributed by atoms with Crippen molar-refractivity contribution in [1.29, 1.82) is 0 Å². The van der Waals surface area contributed by atoms with Gasteiger partial charge >= 0.3 is 0 Å². The maximum atomic E-state index is 12.0. The second-order valence-electron chi connectivity index (χ2n) is 4.51. The Bertz CT molecular complexity index is 599. The molecule has 1 aromatic heterocycles. The average molecular weight is 324 g/mol. The van der Waals surface area contributed by atoms with Gasteiger partial charge in [-0.05, 0) is 24.3 Å². The highest BCUT2D eigenvalue weighted by Crippen LogP contribution is 2.14. The highest BCUT2D eigenvalue weighted by Gasteiger charge is 2.08. The third kappa shape index (κ3) is 4.62. The maximum absolute atomic E-state index is 12.0. The van der Waals surface area contributed by atoms with Gasteiger partial charge in [-0.15, -0.1) is 0 Å². The predicted molar refractivity (Wildman–Crippen MR) is 86.3 cm³/mol. The Kier molecular flexibility index (Phi) is 5.42. The first-order chi connectivity index (χ1) is 10.1. The van der Waals surface area contributed by atoms with E-state index >= 15 is 0 Å².